The Morgan fingerprint density at radius 3 is 2.50 bits per heavy atom. The van der Waals surface area contributed by atoms with Gasteiger partial charge in [0.2, 0.25) is 0 Å². The number of hydrogen-bond donors (Lipinski definition) is 2. The maximum absolute atomic E-state index is 12.4. The molecule has 2 amide bonds. The Balaban J connectivity index is 2.13. The molecule has 0 aliphatic carbocycles. The van der Waals surface area contributed by atoms with Crippen molar-refractivity contribution in [3.63, 3.8) is 0 Å². The predicted molar refractivity (Wildman–Crippen MR) is 65.9 cm³/mol. The number of carbonyl (C=O) groups excluding carboxylic acids is 2. The summed E-state index contributed by atoms with van der Waals surface area (Å²) in [6, 6.07) is -2.24. The average molecular weight is 286 g/mol. The van der Waals surface area contributed by atoms with Gasteiger partial charge in [0, 0.05) is 19.5 Å². The minimum atomic E-state index is -1.15. The van der Waals surface area contributed by atoms with Crippen LogP contribution in [-0.4, -0.2) is 76.4 Å². The van der Waals surface area contributed by atoms with Crippen LogP contribution < -0.4 is 0 Å². The van der Waals surface area contributed by atoms with Crippen molar-refractivity contribution in [1.29, 1.82) is 0 Å². The molecule has 0 spiro atoms. The minimum Gasteiger partial charge on any atom is -0.480 e. The molecule has 0 radical (unpaired) electrons. The van der Waals surface area contributed by atoms with Crippen molar-refractivity contribution >= 4 is 18.0 Å². The van der Waals surface area contributed by atoms with Gasteiger partial charge in [0.05, 0.1) is 13.2 Å². The number of hydrogen-bond acceptors (Lipinski definition) is 5. The molecule has 0 saturated carbocycles. The van der Waals surface area contributed by atoms with Gasteiger partial charge in [0.15, 0.2) is 0 Å². The van der Waals surface area contributed by atoms with Crippen molar-refractivity contribution in [3.8, 4) is 0 Å². The lowest BCUT2D eigenvalue weighted by atomic mass is 10.2. The minimum absolute atomic E-state index is 0.0117. The number of carbonyl (C=O) groups is 3. The van der Waals surface area contributed by atoms with E-state index in [9.17, 15) is 19.5 Å². The number of urea groups is 1. The van der Waals surface area contributed by atoms with E-state index in [0.717, 1.165) is 4.90 Å². The maximum atomic E-state index is 12.4. The van der Waals surface area contributed by atoms with Crippen molar-refractivity contribution in [1.82, 2.24) is 9.80 Å². The molecule has 2 N–H and O–H groups in total. The number of carboxylic acids is 1. The van der Waals surface area contributed by atoms with E-state index < -0.39 is 36.2 Å². The van der Waals surface area contributed by atoms with Crippen LogP contribution >= 0.6 is 0 Å². The summed E-state index contributed by atoms with van der Waals surface area (Å²) in [6.07, 6.45) is 0.337. The highest BCUT2D eigenvalue weighted by atomic mass is 16.5. The topological polar surface area (TPSA) is 107 Å². The standard InChI is InChI=1S/C12H18N2O6/c1-20-11(18)8-3-2-4-13(8)12(19)14-6-7(15)5-9(14)10(16)17/h7-9,15H,2-6H2,1H3,(H,16,17)/t7-,8?,9+/m1/s1. The molecule has 2 aliphatic rings. The summed E-state index contributed by atoms with van der Waals surface area (Å²) < 4.78 is 4.66. The summed E-state index contributed by atoms with van der Waals surface area (Å²) >= 11 is 0. The van der Waals surface area contributed by atoms with Gasteiger partial charge in [-0.25, -0.2) is 14.4 Å². The second-order valence-electron chi connectivity index (χ2n) is 5.05. The molecule has 1 unspecified atom stereocenters. The lowest BCUT2D eigenvalue weighted by Gasteiger charge is -2.30. The first kappa shape index (κ1) is 14.6. The Morgan fingerprint density at radius 1 is 1.20 bits per heavy atom. The van der Waals surface area contributed by atoms with Gasteiger partial charge in [-0.05, 0) is 12.8 Å². The van der Waals surface area contributed by atoms with Crippen LogP contribution in [0.3, 0.4) is 0 Å². The largest absolute Gasteiger partial charge is 0.480 e. The lowest BCUT2D eigenvalue weighted by Crippen LogP contribution is -2.51. The van der Waals surface area contributed by atoms with Gasteiger partial charge in [0.1, 0.15) is 12.1 Å². The normalized spacial score (nSPS) is 29.6. The Hall–Kier alpha value is -1.83. The smallest absolute Gasteiger partial charge is 0.328 e. The summed E-state index contributed by atoms with van der Waals surface area (Å²) in [5.74, 6) is -1.65. The van der Waals surface area contributed by atoms with Gasteiger partial charge >= 0.3 is 18.0 Å². The molecule has 20 heavy (non-hydrogen) atoms. The second-order valence-corrected chi connectivity index (χ2v) is 5.05. The molecule has 8 heteroatoms. The number of amides is 2. The zero-order chi connectivity index (χ0) is 14.9. The SMILES string of the molecule is COC(=O)C1CCCN1C(=O)N1C[C@H](O)C[C@H]1C(=O)O. The molecule has 2 aliphatic heterocycles. The Labute approximate surface area is 115 Å². The third kappa shape index (κ3) is 2.55. The molecule has 0 aromatic rings. The van der Waals surface area contributed by atoms with Crippen molar-refractivity contribution in [2.75, 3.05) is 20.2 Å². The molecular formula is C12H18N2O6. The number of aliphatic carboxylic acids is 1. The van der Waals surface area contributed by atoms with E-state index in [1.54, 1.807) is 0 Å². The van der Waals surface area contributed by atoms with Crippen molar-refractivity contribution in [2.24, 2.45) is 0 Å². The third-order valence-corrected chi connectivity index (χ3v) is 3.78. The van der Waals surface area contributed by atoms with Crippen LogP contribution in [0, 0.1) is 0 Å². The average Bonchev–Trinajstić information content (AvgIpc) is 3.03. The number of rotatable bonds is 2. The fourth-order valence-electron chi connectivity index (χ4n) is 2.80. The highest BCUT2D eigenvalue weighted by Gasteiger charge is 2.44. The van der Waals surface area contributed by atoms with Crippen LogP contribution in [0.4, 0.5) is 4.79 Å². The molecule has 3 atom stereocenters. The van der Waals surface area contributed by atoms with E-state index in [1.807, 2.05) is 0 Å². The highest BCUT2D eigenvalue weighted by Crippen LogP contribution is 2.25. The molecular weight excluding hydrogens is 268 g/mol. The van der Waals surface area contributed by atoms with E-state index in [0.29, 0.717) is 19.4 Å². The number of esters is 1. The van der Waals surface area contributed by atoms with Crippen molar-refractivity contribution < 1.29 is 29.3 Å². The molecule has 0 aromatic heterocycles. The lowest BCUT2D eigenvalue weighted by molar-refractivity contribution is -0.145. The van der Waals surface area contributed by atoms with E-state index in [-0.39, 0.29) is 13.0 Å². The zero-order valence-corrected chi connectivity index (χ0v) is 11.2. The van der Waals surface area contributed by atoms with Gasteiger partial charge in [-0.15, -0.1) is 0 Å². The molecule has 0 aromatic carbocycles. The number of methoxy groups -OCH3 is 1. The summed E-state index contributed by atoms with van der Waals surface area (Å²) in [6.45, 7) is 0.359. The Bertz CT molecular complexity index is 426. The molecule has 112 valence electrons. The first-order valence-electron chi connectivity index (χ1n) is 6.51. The van der Waals surface area contributed by atoms with Crippen molar-refractivity contribution in [2.45, 2.75) is 37.5 Å². The number of likely N-dealkylation sites (tertiary alicyclic amines) is 2. The molecule has 0 bridgehead atoms. The maximum Gasteiger partial charge on any atom is 0.328 e. The van der Waals surface area contributed by atoms with Crippen molar-refractivity contribution in [3.05, 3.63) is 0 Å². The van der Waals surface area contributed by atoms with Crippen LogP contribution in [0.25, 0.3) is 0 Å². The monoisotopic (exact) mass is 286 g/mol. The first-order chi connectivity index (χ1) is 9.45. The highest BCUT2D eigenvalue weighted by molar-refractivity contribution is 5.87. The summed E-state index contributed by atoms with van der Waals surface area (Å²) in [5, 5.41) is 18.7. The van der Waals surface area contributed by atoms with Crippen LogP contribution in [0.15, 0.2) is 0 Å². The first-order valence-corrected chi connectivity index (χ1v) is 6.51. The van der Waals surface area contributed by atoms with Crippen LogP contribution in [0.5, 0.6) is 0 Å². The molecule has 2 rings (SSSR count). The Morgan fingerprint density at radius 2 is 1.90 bits per heavy atom. The van der Waals surface area contributed by atoms with Gasteiger partial charge < -0.3 is 24.7 Å². The van der Waals surface area contributed by atoms with Gasteiger partial charge in [-0.2, -0.15) is 0 Å². The number of aliphatic hydroxyl groups excluding tert-OH is 1. The molecule has 2 heterocycles. The van der Waals surface area contributed by atoms with Gasteiger partial charge in [-0.1, -0.05) is 0 Å². The summed E-state index contributed by atoms with van der Waals surface area (Å²) in [5.41, 5.74) is 0. The van der Waals surface area contributed by atoms with Crippen LogP contribution in [-0.2, 0) is 14.3 Å². The van der Waals surface area contributed by atoms with E-state index in [4.69, 9.17) is 5.11 Å². The second kappa shape index (κ2) is 5.66. The van der Waals surface area contributed by atoms with Gasteiger partial charge in [0.25, 0.3) is 0 Å². The van der Waals surface area contributed by atoms with E-state index in [2.05, 4.69) is 4.74 Å². The summed E-state index contributed by atoms with van der Waals surface area (Å²) in [4.78, 5) is 37.6. The fraction of sp³-hybridized carbons (Fsp3) is 0.750. The number of carboxylic acid groups (broad SMARTS) is 1. The van der Waals surface area contributed by atoms with E-state index >= 15 is 0 Å². The summed E-state index contributed by atoms with van der Waals surface area (Å²) in [7, 11) is 1.25. The predicted octanol–water partition coefficient (Wildman–Crippen LogP) is -0.736. The molecule has 2 saturated heterocycles. The van der Waals surface area contributed by atoms with Crippen LogP contribution in [0.2, 0.25) is 0 Å². The number of β-amino-alcohol motifs (C(OH)–C–C–N with tert-alkyl or cyclic N) is 1. The number of aliphatic hydroxyl groups is 1. The quantitative estimate of drug-likeness (QED) is 0.648. The molecule has 2 fully saturated rings. The fourth-order valence-corrected chi connectivity index (χ4v) is 2.80. The van der Waals surface area contributed by atoms with Crippen LogP contribution in [0.1, 0.15) is 19.3 Å². The zero-order valence-electron chi connectivity index (χ0n) is 11.2. The Kier molecular flexibility index (Phi) is 4.12. The number of nitrogens with zero attached hydrogens (tertiary/aromatic N) is 2. The van der Waals surface area contributed by atoms with E-state index in [1.165, 1.54) is 12.0 Å². The van der Waals surface area contributed by atoms with Gasteiger partial charge in [-0.3, -0.25) is 0 Å². The third-order valence-electron chi connectivity index (χ3n) is 3.78. The number of ether oxygens (including phenoxy) is 1. The molecule has 8 nitrogen and oxygen atoms in total.